The maximum atomic E-state index is 12.6. The number of likely N-dealkylation sites (tertiary alicyclic amines) is 1. The summed E-state index contributed by atoms with van der Waals surface area (Å²) in [4.78, 5) is 17.2. The number of hydrogen-bond donors (Lipinski definition) is 0. The van der Waals surface area contributed by atoms with Crippen molar-refractivity contribution in [2.75, 3.05) is 6.54 Å². The monoisotopic (exact) mass is 370 g/mol. The van der Waals surface area contributed by atoms with Crippen LogP contribution in [0.2, 0.25) is 18.1 Å². The molecule has 25 heavy (non-hydrogen) atoms. The molecule has 7 nitrogen and oxygen atoms in total. The van der Waals surface area contributed by atoms with Gasteiger partial charge in [0.05, 0.1) is 18.2 Å². The van der Waals surface area contributed by atoms with Crippen LogP contribution in [0.15, 0.2) is 5.11 Å². The lowest BCUT2D eigenvalue weighted by atomic mass is 10.1. The van der Waals surface area contributed by atoms with E-state index in [1.54, 1.807) is 4.90 Å². The minimum Gasteiger partial charge on any atom is -0.444 e. The Morgan fingerprint density at radius 3 is 2.28 bits per heavy atom. The lowest BCUT2D eigenvalue weighted by Crippen LogP contribution is -2.52. The van der Waals surface area contributed by atoms with Crippen LogP contribution in [0.5, 0.6) is 0 Å². The zero-order valence-corrected chi connectivity index (χ0v) is 18.2. The van der Waals surface area contributed by atoms with Crippen LogP contribution in [0.25, 0.3) is 10.4 Å². The minimum absolute atomic E-state index is 0.0681. The standard InChI is InChI=1S/C17H34N4O3Si/c1-12(19-20-18)14-13(24-25(8,9)17(5,6)7)10-11-21(14)15(22)23-16(2,3)4/h12-14H,10-11H2,1-9H3/t12-,13?,14?/m1/s1. The van der Waals surface area contributed by atoms with Gasteiger partial charge in [0.2, 0.25) is 0 Å². The van der Waals surface area contributed by atoms with E-state index in [0.29, 0.717) is 6.54 Å². The summed E-state index contributed by atoms with van der Waals surface area (Å²) in [6.45, 7) is 18.8. The summed E-state index contributed by atoms with van der Waals surface area (Å²) < 4.78 is 12.1. The first-order valence-electron chi connectivity index (χ1n) is 8.91. The molecule has 1 aliphatic heterocycles. The highest BCUT2D eigenvalue weighted by Crippen LogP contribution is 2.40. The molecule has 0 aromatic carbocycles. The molecule has 2 unspecified atom stereocenters. The predicted molar refractivity (Wildman–Crippen MR) is 102 cm³/mol. The van der Waals surface area contributed by atoms with Gasteiger partial charge in [-0.05, 0) is 50.9 Å². The summed E-state index contributed by atoms with van der Waals surface area (Å²) in [7, 11) is -2.01. The van der Waals surface area contributed by atoms with Crippen molar-refractivity contribution < 1.29 is 14.0 Å². The quantitative estimate of drug-likeness (QED) is 0.299. The van der Waals surface area contributed by atoms with Crippen LogP contribution >= 0.6 is 0 Å². The van der Waals surface area contributed by atoms with Gasteiger partial charge in [-0.15, -0.1) is 0 Å². The molecule has 0 aromatic heterocycles. The molecule has 0 spiro atoms. The second-order valence-electron chi connectivity index (χ2n) is 9.32. The third kappa shape index (κ3) is 5.62. The van der Waals surface area contributed by atoms with Gasteiger partial charge in [-0.1, -0.05) is 32.8 Å². The van der Waals surface area contributed by atoms with Gasteiger partial charge in [-0.2, -0.15) is 0 Å². The molecular weight excluding hydrogens is 336 g/mol. The summed E-state index contributed by atoms with van der Waals surface area (Å²) >= 11 is 0. The molecule has 3 atom stereocenters. The molecule has 1 aliphatic rings. The predicted octanol–water partition coefficient (Wildman–Crippen LogP) is 5.09. The molecule has 0 saturated carbocycles. The highest BCUT2D eigenvalue weighted by atomic mass is 28.4. The van der Waals surface area contributed by atoms with E-state index in [1.165, 1.54) is 0 Å². The molecule has 1 fully saturated rings. The lowest BCUT2D eigenvalue weighted by molar-refractivity contribution is 0.0138. The highest BCUT2D eigenvalue weighted by Gasteiger charge is 2.47. The van der Waals surface area contributed by atoms with Gasteiger partial charge in [-0.3, -0.25) is 0 Å². The Labute approximate surface area is 152 Å². The number of azide groups is 1. The van der Waals surface area contributed by atoms with Crippen molar-refractivity contribution >= 4 is 14.4 Å². The Morgan fingerprint density at radius 2 is 1.84 bits per heavy atom. The molecule has 0 aromatic rings. The number of carbonyl (C=O) groups excluding carboxylic acids is 1. The number of ether oxygens (including phenoxy) is 1. The molecule has 1 saturated heterocycles. The van der Waals surface area contributed by atoms with Crippen molar-refractivity contribution in [3.63, 3.8) is 0 Å². The van der Waals surface area contributed by atoms with Crippen LogP contribution in [0.3, 0.4) is 0 Å². The van der Waals surface area contributed by atoms with Gasteiger partial charge < -0.3 is 14.1 Å². The summed E-state index contributed by atoms with van der Waals surface area (Å²) in [6.07, 6.45) is 0.203. The third-order valence-electron chi connectivity index (χ3n) is 5.00. The fourth-order valence-electron chi connectivity index (χ4n) is 2.73. The maximum absolute atomic E-state index is 12.6. The Kier molecular flexibility index (Phi) is 6.59. The van der Waals surface area contributed by atoms with E-state index < -0.39 is 13.9 Å². The first-order chi connectivity index (χ1) is 11.2. The van der Waals surface area contributed by atoms with E-state index in [1.807, 2.05) is 27.7 Å². The van der Waals surface area contributed by atoms with Crippen molar-refractivity contribution in [1.82, 2.24) is 4.90 Å². The van der Waals surface area contributed by atoms with Crippen LogP contribution < -0.4 is 0 Å². The fourth-order valence-corrected chi connectivity index (χ4v) is 4.09. The molecule has 0 aliphatic carbocycles. The van der Waals surface area contributed by atoms with Crippen molar-refractivity contribution in [2.45, 2.75) is 96.8 Å². The second kappa shape index (κ2) is 7.56. The van der Waals surface area contributed by atoms with Crippen LogP contribution in [-0.2, 0) is 9.16 Å². The molecule has 0 N–H and O–H groups in total. The molecule has 144 valence electrons. The zero-order valence-electron chi connectivity index (χ0n) is 17.2. The highest BCUT2D eigenvalue weighted by molar-refractivity contribution is 6.74. The Balaban J connectivity index is 3.07. The summed E-state index contributed by atoms with van der Waals surface area (Å²) in [6, 6.07) is -0.685. The maximum Gasteiger partial charge on any atom is 0.410 e. The van der Waals surface area contributed by atoms with E-state index in [0.717, 1.165) is 6.42 Å². The van der Waals surface area contributed by atoms with E-state index in [9.17, 15) is 4.79 Å². The smallest absolute Gasteiger partial charge is 0.410 e. The number of hydrogen-bond acceptors (Lipinski definition) is 4. The molecule has 1 rings (SSSR count). The van der Waals surface area contributed by atoms with Gasteiger partial charge in [0.15, 0.2) is 8.32 Å². The number of rotatable bonds is 4. The lowest BCUT2D eigenvalue weighted by Gasteiger charge is -2.41. The van der Waals surface area contributed by atoms with E-state index in [-0.39, 0.29) is 29.3 Å². The zero-order chi connectivity index (χ0) is 19.6. The summed E-state index contributed by atoms with van der Waals surface area (Å²) in [5.74, 6) is 0. The van der Waals surface area contributed by atoms with Gasteiger partial charge in [0.1, 0.15) is 5.60 Å². The summed E-state index contributed by atoms with van der Waals surface area (Å²) in [5, 5.41) is 3.91. The molecular formula is C17H34N4O3Si. The largest absolute Gasteiger partial charge is 0.444 e. The molecule has 8 heteroatoms. The van der Waals surface area contributed by atoms with Crippen LogP contribution in [0.4, 0.5) is 4.79 Å². The first kappa shape index (κ1) is 21.8. The molecule has 0 bridgehead atoms. The van der Waals surface area contributed by atoms with Crippen LogP contribution in [0, 0.1) is 0 Å². The second-order valence-corrected chi connectivity index (χ2v) is 14.1. The topological polar surface area (TPSA) is 87.5 Å². The Hall–Kier alpha value is -1.24. The Bertz CT molecular complexity index is 533. The van der Waals surface area contributed by atoms with Crippen molar-refractivity contribution in [1.29, 1.82) is 0 Å². The van der Waals surface area contributed by atoms with Gasteiger partial charge in [-0.25, -0.2) is 4.79 Å². The van der Waals surface area contributed by atoms with Gasteiger partial charge in [0, 0.05) is 11.5 Å². The minimum atomic E-state index is -2.01. The fraction of sp³-hybridized carbons (Fsp3) is 0.941. The molecule has 1 heterocycles. The van der Waals surface area contributed by atoms with Gasteiger partial charge >= 0.3 is 6.09 Å². The van der Waals surface area contributed by atoms with Crippen molar-refractivity contribution in [3.05, 3.63) is 10.4 Å². The number of carbonyl (C=O) groups is 1. The van der Waals surface area contributed by atoms with Crippen LogP contribution in [-0.4, -0.2) is 49.6 Å². The Morgan fingerprint density at radius 1 is 1.28 bits per heavy atom. The summed E-state index contributed by atoms with van der Waals surface area (Å²) in [5.41, 5.74) is 8.28. The van der Waals surface area contributed by atoms with E-state index in [4.69, 9.17) is 14.7 Å². The van der Waals surface area contributed by atoms with E-state index >= 15 is 0 Å². The number of nitrogens with zero attached hydrogens (tertiary/aromatic N) is 4. The average Bonchev–Trinajstić information content (AvgIpc) is 2.78. The molecule has 0 radical (unpaired) electrons. The molecule has 1 amide bonds. The SMILES string of the molecule is C[C@@H](N=[N+]=[N-])C1C(O[Si](C)(C)C(C)(C)C)CCN1C(=O)OC(C)(C)C. The van der Waals surface area contributed by atoms with Crippen molar-refractivity contribution in [2.24, 2.45) is 5.11 Å². The normalized spacial score (nSPS) is 23.2. The third-order valence-corrected chi connectivity index (χ3v) is 9.51. The number of amides is 1. The van der Waals surface area contributed by atoms with E-state index in [2.05, 4.69) is 43.9 Å². The average molecular weight is 371 g/mol. The van der Waals surface area contributed by atoms with Crippen LogP contribution in [0.1, 0.15) is 54.9 Å². The first-order valence-corrected chi connectivity index (χ1v) is 11.8. The van der Waals surface area contributed by atoms with Crippen molar-refractivity contribution in [3.8, 4) is 0 Å². The van der Waals surface area contributed by atoms with Gasteiger partial charge in [0.25, 0.3) is 0 Å².